The van der Waals surface area contributed by atoms with Gasteiger partial charge in [-0.05, 0) is 63.4 Å². The summed E-state index contributed by atoms with van der Waals surface area (Å²) in [7, 11) is 0. The average Bonchev–Trinajstić information content (AvgIpc) is 3.28. The van der Waals surface area contributed by atoms with Crippen LogP contribution in [-0.2, 0) is 0 Å². The summed E-state index contributed by atoms with van der Waals surface area (Å²) in [6, 6.07) is 9.63. The second-order valence-corrected chi connectivity index (χ2v) is 7.67. The number of nitrogens with one attached hydrogen (secondary N) is 1. The summed E-state index contributed by atoms with van der Waals surface area (Å²) in [5, 5.41) is 3.02. The molecule has 2 fully saturated rings. The molecule has 1 aromatic heterocycles. The fourth-order valence-corrected chi connectivity index (χ4v) is 3.98. The zero-order valence-corrected chi connectivity index (χ0v) is 16.4. The number of hydrogen-bond donors (Lipinski definition) is 1. The molecule has 0 bridgehead atoms. The molecule has 3 heterocycles. The van der Waals surface area contributed by atoms with Crippen LogP contribution < -0.4 is 10.2 Å². The molecule has 4 rings (SSSR count). The molecule has 0 atom stereocenters. The van der Waals surface area contributed by atoms with Gasteiger partial charge in [-0.1, -0.05) is 12.1 Å². The van der Waals surface area contributed by atoms with Crippen LogP contribution >= 0.6 is 0 Å². The van der Waals surface area contributed by atoms with E-state index in [1.54, 1.807) is 0 Å². The second kappa shape index (κ2) is 9.15. The molecule has 2 saturated heterocycles. The lowest BCUT2D eigenvalue weighted by molar-refractivity contribution is 0.0950. The zero-order chi connectivity index (χ0) is 19.2. The molecule has 0 spiro atoms. The van der Waals surface area contributed by atoms with E-state index in [2.05, 4.69) is 20.1 Å². The van der Waals surface area contributed by atoms with Crippen LogP contribution in [0.15, 0.2) is 36.5 Å². The Morgan fingerprint density at radius 1 is 0.929 bits per heavy atom. The maximum absolute atomic E-state index is 12.4. The minimum atomic E-state index is -0.0116. The molecule has 1 aromatic carbocycles. The van der Waals surface area contributed by atoms with Crippen LogP contribution in [0.4, 0.5) is 5.95 Å². The van der Waals surface area contributed by atoms with Gasteiger partial charge in [0.15, 0.2) is 0 Å². The maximum atomic E-state index is 12.4. The van der Waals surface area contributed by atoms with Crippen molar-refractivity contribution in [2.75, 3.05) is 44.2 Å². The minimum absolute atomic E-state index is 0.0116. The first-order chi connectivity index (χ1) is 13.8. The van der Waals surface area contributed by atoms with E-state index in [-0.39, 0.29) is 5.91 Å². The van der Waals surface area contributed by atoms with Crippen molar-refractivity contribution in [2.45, 2.75) is 32.1 Å². The summed E-state index contributed by atoms with van der Waals surface area (Å²) < 4.78 is 0. The van der Waals surface area contributed by atoms with Gasteiger partial charge in [0.2, 0.25) is 5.95 Å². The number of carbonyl (C=O) groups is 1. The van der Waals surface area contributed by atoms with E-state index in [4.69, 9.17) is 4.98 Å². The summed E-state index contributed by atoms with van der Waals surface area (Å²) in [4.78, 5) is 26.2. The minimum Gasteiger partial charge on any atom is -0.351 e. The van der Waals surface area contributed by atoms with E-state index in [0.717, 1.165) is 49.9 Å². The number of anilines is 1. The number of hydrogen-bond acceptors (Lipinski definition) is 5. The Morgan fingerprint density at radius 3 is 2.39 bits per heavy atom. The van der Waals surface area contributed by atoms with Crippen LogP contribution in [0.25, 0.3) is 11.3 Å². The van der Waals surface area contributed by atoms with Crippen LogP contribution in [0.1, 0.15) is 42.5 Å². The van der Waals surface area contributed by atoms with Crippen molar-refractivity contribution in [1.82, 2.24) is 20.2 Å². The fourth-order valence-electron chi connectivity index (χ4n) is 3.98. The number of benzene rings is 1. The molecule has 0 radical (unpaired) electrons. The smallest absolute Gasteiger partial charge is 0.251 e. The number of piperidine rings is 1. The largest absolute Gasteiger partial charge is 0.351 e. The fraction of sp³-hybridized carbons (Fsp3) is 0.500. The number of carbonyl (C=O) groups excluding carboxylic acids is 1. The number of nitrogens with zero attached hydrogens (tertiary/aromatic N) is 4. The van der Waals surface area contributed by atoms with Crippen molar-refractivity contribution in [3.63, 3.8) is 0 Å². The molecule has 0 unspecified atom stereocenters. The monoisotopic (exact) mass is 379 g/mol. The third-order valence-corrected chi connectivity index (χ3v) is 5.64. The predicted octanol–water partition coefficient (Wildman–Crippen LogP) is 2.96. The average molecular weight is 380 g/mol. The summed E-state index contributed by atoms with van der Waals surface area (Å²) in [6.07, 6.45) is 8.07. The highest BCUT2D eigenvalue weighted by molar-refractivity contribution is 5.94. The van der Waals surface area contributed by atoms with E-state index < -0.39 is 0 Å². The van der Waals surface area contributed by atoms with Gasteiger partial charge in [0.1, 0.15) is 0 Å². The predicted molar refractivity (Wildman–Crippen MR) is 112 cm³/mol. The topological polar surface area (TPSA) is 61.4 Å². The number of amides is 1. The molecule has 1 amide bonds. The van der Waals surface area contributed by atoms with Gasteiger partial charge in [0.05, 0.1) is 5.69 Å². The molecule has 2 aliphatic heterocycles. The quantitative estimate of drug-likeness (QED) is 0.836. The van der Waals surface area contributed by atoms with E-state index in [1.807, 2.05) is 36.5 Å². The van der Waals surface area contributed by atoms with E-state index in [1.165, 1.54) is 32.1 Å². The lowest BCUT2D eigenvalue weighted by atomic mass is 10.1. The molecule has 148 valence electrons. The molecule has 28 heavy (non-hydrogen) atoms. The second-order valence-electron chi connectivity index (χ2n) is 7.67. The van der Waals surface area contributed by atoms with Gasteiger partial charge < -0.3 is 15.1 Å². The standard InChI is InChI=1S/C22H29N5O/c28-21(23-12-17-26-13-4-5-14-26)19-8-6-18(7-9-19)20-10-11-24-22(25-20)27-15-2-1-3-16-27/h6-11H,1-5,12-17H2,(H,23,28). The molecule has 1 N–H and O–H groups in total. The van der Waals surface area contributed by atoms with Crippen molar-refractivity contribution >= 4 is 11.9 Å². The Balaban J connectivity index is 1.36. The molecule has 6 nitrogen and oxygen atoms in total. The van der Waals surface area contributed by atoms with Crippen molar-refractivity contribution in [3.8, 4) is 11.3 Å². The first-order valence-electron chi connectivity index (χ1n) is 10.5. The van der Waals surface area contributed by atoms with Gasteiger partial charge in [-0.15, -0.1) is 0 Å². The number of aromatic nitrogens is 2. The first kappa shape index (κ1) is 18.9. The van der Waals surface area contributed by atoms with Gasteiger partial charge in [-0.25, -0.2) is 9.97 Å². The van der Waals surface area contributed by atoms with Gasteiger partial charge in [0.25, 0.3) is 5.91 Å². The summed E-state index contributed by atoms with van der Waals surface area (Å²) in [5.41, 5.74) is 2.60. The van der Waals surface area contributed by atoms with Crippen LogP contribution in [0.5, 0.6) is 0 Å². The van der Waals surface area contributed by atoms with Crippen LogP contribution in [-0.4, -0.2) is 60.0 Å². The van der Waals surface area contributed by atoms with Gasteiger partial charge >= 0.3 is 0 Å². The Bertz CT molecular complexity index is 780. The summed E-state index contributed by atoms with van der Waals surface area (Å²) >= 11 is 0. The molecule has 0 aliphatic carbocycles. The molecule has 0 saturated carbocycles. The van der Waals surface area contributed by atoms with Crippen LogP contribution in [0.2, 0.25) is 0 Å². The SMILES string of the molecule is O=C(NCCN1CCCC1)c1ccc(-c2ccnc(N3CCCCC3)n2)cc1. The molecule has 6 heteroatoms. The lowest BCUT2D eigenvalue weighted by Gasteiger charge is -2.26. The number of rotatable bonds is 6. The highest BCUT2D eigenvalue weighted by Crippen LogP contribution is 2.21. The highest BCUT2D eigenvalue weighted by Gasteiger charge is 2.15. The van der Waals surface area contributed by atoms with E-state index in [0.29, 0.717) is 12.1 Å². The Labute approximate surface area is 167 Å². The van der Waals surface area contributed by atoms with Crippen LogP contribution in [0, 0.1) is 0 Å². The Kier molecular flexibility index (Phi) is 6.17. The maximum Gasteiger partial charge on any atom is 0.251 e. The van der Waals surface area contributed by atoms with Crippen molar-refractivity contribution in [2.24, 2.45) is 0 Å². The van der Waals surface area contributed by atoms with E-state index >= 15 is 0 Å². The highest BCUT2D eigenvalue weighted by atomic mass is 16.1. The molecular weight excluding hydrogens is 350 g/mol. The summed E-state index contributed by atoms with van der Waals surface area (Å²) in [5.74, 6) is 0.795. The van der Waals surface area contributed by atoms with Gasteiger partial charge in [0, 0.05) is 43.5 Å². The third-order valence-electron chi connectivity index (χ3n) is 5.64. The third kappa shape index (κ3) is 4.68. The van der Waals surface area contributed by atoms with Crippen LogP contribution in [0.3, 0.4) is 0 Å². The van der Waals surface area contributed by atoms with Gasteiger partial charge in [-0.3, -0.25) is 4.79 Å². The summed E-state index contributed by atoms with van der Waals surface area (Å²) in [6.45, 7) is 6.00. The van der Waals surface area contributed by atoms with Crippen molar-refractivity contribution < 1.29 is 4.79 Å². The zero-order valence-electron chi connectivity index (χ0n) is 16.4. The van der Waals surface area contributed by atoms with E-state index in [9.17, 15) is 4.79 Å². The Hall–Kier alpha value is -2.47. The Morgan fingerprint density at radius 2 is 1.64 bits per heavy atom. The van der Waals surface area contributed by atoms with Crippen molar-refractivity contribution in [1.29, 1.82) is 0 Å². The van der Waals surface area contributed by atoms with Crippen molar-refractivity contribution in [3.05, 3.63) is 42.1 Å². The molecular formula is C22H29N5O. The first-order valence-corrected chi connectivity index (χ1v) is 10.5. The lowest BCUT2D eigenvalue weighted by Crippen LogP contribution is -2.33. The van der Waals surface area contributed by atoms with Gasteiger partial charge in [-0.2, -0.15) is 0 Å². The normalized spacial score (nSPS) is 17.6. The molecule has 2 aliphatic rings. The molecule has 2 aromatic rings. The number of likely N-dealkylation sites (tertiary alicyclic amines) is 1.